The van der Waals surface area contributed by atoms with Gasteiger partial charge in [-0.05, 0) is 37.3 Å². The fraction of sp³-hybridized carbons (Fsp3) is 0.759. The van der Waals surface area contributed by atoms with Crippen molar-refractivity contribution < 1.29 is 19.4 Å². The van der Waals surface area contributed by atoms with E-state index in [0.29, 0.717) is 12.2 Å². The number of hydrogen-bond donors (Lipinski definition) is 1. The van der Waals surface area contributed by atoms with Crippen molar-refractivity contribution in [1.82, 2.24) is 0 Å². The van der Waals surface area contributed by atoms with E-state index in [9.17, 15) is 9.90 Å². The number of carbonyl (C=O) groups is 1. The van der Waals surface area contributed by atoms with Crippen LogP contribution in [0.5, 0.6) is 11.5 Å². The topological polar surface area (TPSA) is 55.8 Å². The third-order valence-corrected chi connectivity index (χ3v) is 6.38. The molecule has 1 aromatic carbocycles. The fourth-order valence-electron chi connectivity index (χ4n) is 4.20. The third kappa shape index (κ3) is 16.5. The molecule has 4 nitrogen and oxygen atoms in total. The van der Waals surface area contributed by atoms with Gasteiger partial charge in [0.15, 0.2) is 0 Å². The molecule has 0 heterocycles. The molecule has 0 bridgehead atoms. The van der Waals surface area contributed by atoms with Crippen LogP contribution in [0, 0.1) is 0 Å². The first-order chi connectivity index (χ1) is 16.2. The van der Waals surface area contributed by atoms with Crippen molar-refractivity contribution in [3.63, 3.8) is 0 Å². The zero-order chi connectivity index (χ0) is 24.0. The molecule has 190 valence electrons. The minimum atomic E-state index is -0.0825. The highest BCUT2D eigenvalue weighted by Gasteiger charge is 2.04. The Hall–Kier alpha value is -1.71. The summed E-state index contributed by atoms with van der Waals surface area (Å²) in [5.41, 5.74) is 1.04. The molecule has 33 heavy (non-hydrogen) atoms. The van der Waals surface area contributed by atoms with Gasteiger partial charge in [0.1, 0.15) is 11.5 Å². The number of carbonyl (C=O) groups excluding carboxylic acids is 1. The summed E-state index contributed by atoms with van der Waals surface area (Å²) in [4.78, 5) is 11.0. The zero-order valence-electron chi connectivity index (χ0n) is 21.5. The van der Waals surface area contributed by atoms with E-state index in [2.05, 4.69) is 11.7 Å². The van der Waals surface area contributed by atoms with Crippen molar-refractivity contribution in [1.29, 1.82) is 0 Å². The predicted octanol–water partition coefficient (Wildman–Crippen LogP) is 8.53. The SMILES string of the molecule is CCCCCCc1ccc(OCCCCCCCCCCCCCCCC(=O)OC)cc1O. The van der Waals surface area contributed by atoms with Crippen molar-refractivity contribution in [2.75, 3.05) is 13.7 Å². The smallest absolute Gasteiger partial charge is 0.305 e. The molecule has 4 heteroatoms. The van der Waals surface area contributed by atoms with E-state index in [1.165, 1.54) is 90.6 Å². The summed E-state index contributed by atoms with van der Waals surface area (Å²) in [6.07, 6.45) is 22.6. The van der Waals surface area contributed by atoms with Crippen LogP contribution in [0.25, 0.3) is 0 Å². The lowest BCUT2D eigenvalue weighted by atomic mass is 10.0. The van der Waals surface area contributed by atoms with E-state index >= 15 is 0 Å². The van der Waals surface area contributed by atoms with E-state index < -0.39 is 0 Å². The molecule has 0 atom stereocenters. The maximum absolute atomic E-state index is 11.0. The second kappa shape index (κ2) is 20.9. The number of aryl methyl sites for hydroxylation is 1. The number of hydrogen-bond acceptors (Lipinski definition) is 4. The number of aromatic hydroxyl groups is 1. The van der Waals surface area contributed by atoms with Gasteiger partial charge in [0.25, 0.3) is 0 Å². The molecule has 0 unspecified atom stereocenters. The average molecular weight is 463 g/mol. The van der Waals surface area contributed by atoms with Gasteiger partial charge in [-0.15, -0.1) is 0 Å². The van der Waals surface area contributed by atoms with E-state index in [4.69, 9.17) is 4.74 Å². The van der Waals surface area contributed by atoms with E-state index in [-0.39, 0.29) is 5.97 Å². The highest BCUT2D eigenvalue weighted by Crippen LogP contribution is 2.25. The van der Waals surface area contributed by atoms with Crippen molar-refractivity contribution in [2.45, 2.75) is 129 Å². The van der Waals surface area contributed by atoms with Crippen LogP contribution in [0.4, 0.5) is 0 Å². The molecule has 0 aromatic heterocycles. The van der Waals surface area contributed by atoms with E-state index in [1.54, 1.807) is 6.07 Å². The minimum absolute atomic E-state index is 0.0825. The molecular weight excluding hydrogens is 412 g/mol. The van der Waals surface area contributed by atoms with Gasteiger partial charge in [0.2, 0.25) is 0 Å². The summed E-state index contributed by atoms with van der Waals surface area (Å²) in [6.45, 7) is 2.95. The summed E-state index contributed by atoms with van der Waals surface area (Å²) >= 11 is 0. The average Bonchev–Trinajstić information content (AvgIpc) is 2.82. The summed E-state index contributed by atoms with van der Waals surface area (Å²) in [7, 11) is 1.46. The van der Waals surface area contributed by atoms with Crippen LogP contribution in [-0.2, 0) is 16.0 Å². The van der Waals surface area contributed by atoms with Crippen molar-refractivity contribution in [3.8, 4) is 11.5 Å². The van der Waals surface area contributed by atoms with Gasteiger partial charge in [-0.2, -0.15) is 0 Å². The second-order valence-corrected chi connectivity index (χ2v) is 9.37. The number of rotatable bonds is 22. The highest BCUT2D eigenvalue weighted by atomic mass is 16.5. The Kier molecular flexibility index (Phi) is 18.5. The normalized spacial score (nSPS) is 11.0. The Morgan fingerprint density at radius 1 is 0.758 bits per heavy atom. The lowest BCUT2D eigenvalue weighted by Gasteiger charge is -2.09. The molecule has 0 radical (unpaired) electrons. The maximum atomic E-state index is 11.0. The first-order valence-corrected chi connectivity index (χ1v) is 13.7. The van der Waals surface area contributed by atoms with Crippen LogP contribution < -0.4 is 4.74 Å². The molecule has 0 amide bonds. The quantitative estimate of drug-likeness (QED) is 0.138. The van der Waals surface area contributed by atoms with Crippen LogP contribution in [0.2, 0.25) is 0 Å². The summed E-state index contributed by atoms with van der Waals surface area (Å²) < 4.78 is 10.5. The monoisotopic (exact) mass is 462 g/mol. The molecule has 0 aliphatic carbocycles. The number of unbranched alkanes of at least 4 members (excludes halogenated alkanes) is 15. The van der Waals surface area contributed by atoms with Crippen LogP contribution in [0.15, 0.2) is 18.2 Å². The zero-order valence-corrected chi connectivity index (χ0v) is 21.5. The van der Waals surface area contributed by atoms with Gasteiger partial charge in [-0.25, -0.2) is 0 Å². The fourth-order valence-corrected chi connectivity index (χ4v) is 4.20. The minimum Gasteiger partial charge on any atom is -0.508 e. The Labute approximate surface area is 203 Å². The summed E-state index contributed by atoms with van der Waals surface area (Å²) in [6, 6.07) is 5.79. The Morgan fingerprint density at radius 3 is 1.85 bits per heavy atom. The van der Waals surface area contributed by atoms with Crippen molar-refractivity contribution in [3.05, 3.63) is 23.8 Å². The molecule has 0 aliphatic heterocycles. The molecule has 0 aliphatic rings. The van der Waals surface area contributed by atoms with Crippen molar-refractivity contribution >= 4 is 5.97 Å². The van der Waals surface area contributed by atoms with Gasteiger partial charge in [0, 0.05) is 12.5 Å². The van der Waals surface area contributed by atoms with Gasteiger partial charge < -0.3 is 14.6 Å². The lowest BCUT2D eigenvalue weighted by Crippen LogP contribution is -1.99. The molecule has 0 saturated carbocycles. The van der Waals surface area contributed by atoms with Crippen LogP contribution in [0.3, 0.4) is 0 Å². The Balaban J connectivity index is 1.88. The third-order valence-electron chi connectivity index (χ3n) is 6.38. The molecule has 0 saturated heterocycles. The molecule has 1 rings (SSSR count). The maximum Gasteiger partial charge on any atom is 0.305 e. The first kappa shape index (κ1) is 29.3. The van der Waals surface area contributed by atoms with Crippen molar-refractivity contribution in [2.24, 2.45) is 0 Å². The van der Waals surface area contributed by atoms with E-state index in [0.717, 1.165) is 50.0 Å². The number of esters is 1. The number of phenolic OH excluding ortho intramolecular Hbond substituents is 1. The van der Waals surface area contributed by atoms with Gasteiger partial charge in [0.05, 0.1) is 13.7 Å². The van der Waals surface area contributed by atoms with Crippen LogP contribution in [-0.4, -0.2) is 24.8 Å². The molecule has 1 N–H and O–H groups in total. The summed E-state index contributed by atoms with van der Waals surface area (Å²) in [5, 5.41) is 10.2. The molecule has 0 fully saturated rings. The molecule has 0 spiro atoms. The Morgan fingerprint density at radius 2 is 1.30 bits per heavy atom. The second-order valence-electron chi connectivity index (χ2n) is 9.37. The number of ether oxygens (including phenoxy) is 2. The van der Waals surface area contributed by atoms with Crippen LogP contribution >= 0.6 is 0 Å². The first-order valence-electron chi connectivity index (χ1n) is 13.7. The highest BCUT2D eigenvalue weighted by molar-refractivity contribution is 5.68. The van der Waals surface area contributed by atoms with E-state index in [1.807, 2.05) is 12.1 Å². The van der Waals surface area contributed by atoms with Crippen LogP contribution in [0.1, 0.15) is 128 Å². The Bertz CT molecular complexity index is 599. The standard InChI is InChI=1S/C29H50O4/c1-3-4-5-17-20-26-22-23-27(25-28(26)30)33-24-19-16-14-12-10-8-6-7-9-11-13-15-18-21-29(31)32-2/h22-23,25,30H,3-21,24H2,1-2H3. The van der Waals surface area contributed by atoms with Gasteiger partial charge in [-0.3, -0.25) is 4.79 Å². The molecular formula is C29H50O4. The van der Waals surface area contributed by atoms with Gasteiger partial charge >= 0.3 is 5.97 Å². The largest absolute Gasteiger partial charge is 0.508 e. The van der Waals surface area contributed by atoms with Gasteiger partial charge in [-0.1, -0.05) is 103 Å². The number of methoxy groups -OCH3 is 1. The predicted molar refractivity (Wildman–Crippen MR) is 138 cm³/mol. The lowest BCUT2D eigenvalue weighted by molar-refractivity contribution is -0.140. The number of phenols is 1. The number of benzene rings is 1. The molecule has 1 aromatic rings. The summed E-state index contributed by atoms with van der Waals surface area (Å²) in [5.74, 6) is 1.08.